The van der Waals surface area contributed by atoms with Gasteiger partial charge in [0.05, 0.1) is 11.7 Å². The van der Waals surface area contributed by atoms with E-state index in [2.05, 4.69) is 33.8 Å². The van der Waals surface area contributed by atoms with E-state index in [1.54, 1.807) is 0 Å². The number of rotatable bonds is 5. The van der Waals surface area contributed by atoms with Crippen LogP contribution in [0, 0.1) is 12.8 Å². The summed E-state index contributed by atoms with van der Waals surface area (Å²) in [4.78, 5) is 14.6. The van der Waals surface area contributed by atoms with E-state index in [1.807, 2.05) is 11.7 Å². The maximum atomic E-state index is 12.1. The maximum absolute atomic E-state index is 12.1. The summed E-state index contributed by atoms with van der Waals surface area (Å²) in [7, 11) is 1.97. The largest absolute Gasteiger partial charge is 0.354 e. The summed E-state index contributed by atoms with van der Waals surface area (Å²) in [6, 6.07) is 0.0349. The lowest BCUT2D eigenvalue weighted by Gasteiger charge is -2.32. The van der Waals surface area contributed by atoms with Crippen LogP contribution in [0.25, 0.3) is 0 Å². The van der Waals surface area contributed by atoms with Crippen molar-refractivity contribution in [2.75, 3.05) is 26.2 Å². The van der Waals surface area contributed by atoms with Gasteiger partial charge in [-0.1, -0.05) is 0 Å². The summed E-state index contributed by atoms with van der Waals surface area (Å²) < 4.78 is 1.89. The Kier molecular flexibility index (Phi) is 5.33. The molecule has 0 bridgehead atoms. The highest BCUT2D eigenvalue weighted by Gasteiger charge is 2.25. The molecule has 2 saturated heterocycles. The third-order valence-corrected chi connectivity index (χ3v) is 5.05. The van der Waals surface area contributed by atoms with Crippen LogP contribution in [0.2, 0.25) is 0 Å². The molecule has 0 spiro atoms. The van der Waals surface area contributed by atoms with Crippen molar-refractivity contribution in [2.24, 2.45) is 13.0 Å². The van der Waals surface area contributed by atoms with E-state index < -0.39 is 0 Å². The minimum Gasteiger partial charge on any atom is -0.354 e. The molecular weight excluding hydrogens is 290 g/mol. The van der Waals surface area contributed by atoms with E-state index >= 15 is 0 Å². The van der Waals surface area contributed by atoms with Crippen molar-refractivity contribution in [2.45, 2.75) is 45.2 Å². The zero-order chi connectivity index (χ0) is 16.2. The minimum atomic E-state index is 0.0349. The highest BCUT2D eigenvalue weighted by atomic mass is 16.2. The molecule has 2 N–H and O–H groups in total. The zero-order valence-electron chi connectivity index (χ0n) is 14.3. The number of hydrogen-bond donors (Lipinski definition) is 2. The van der Waals surface area contributed by atoms with Crippen LogP contribution in [0.15, 0.2) is 6.20 Å². The van der Waals surface area contributed by atoms with E-state index in [0.717, 1.165) is 51.3 Å². The van der Waals surface area contributed by atoms with E-state index in [0.29, 0.717) is 5.92 Å². The average Bonchev–Trinajstić information content (AvgIpc) is 3.16. The summed E-state index contributed by atoms with van der Waals surface area (Å²) in [5.74, 6) is 0.744. The SMILES string of the molecule is Cc1nn(C)cc1CN1CCCC(CNC(=O)C2CCCN2)C1. The summed E-state index contributed by atoms with van der Waals surface area (Å²) in [5, 5.41) is 10.8. The van der Waals surface area contributed by atoms with Gasteiger partial charge in [0.25, 0.3) is 0 Å². The van der Waals surface area contributed by atoms with E-state index in [4.69, 9.17) is 0 Å². The third kappa shape index (κ3) is 4.32. The van der Waals surface area contributed by atoms with Crippen LogP contribution >= 0.6 is 0 Å². The fourth-order valence-corrected chi connectivity index (χ4v) is 3.78. The maximum Gasteiger partial charge on any atom is 0.237 e. The van der Waals surface area contributed by atoms with Gasteiger partial charge in [0, 0.05) is 38.4 Å². The molecule has 2 unspecified atom stereocenters. The Morgan fingerprint density at radius 2 is 2.30 bits per heavy atom. The molecule has 2 aliphatic rings. The average molecular weight is 319 g/mol. The number of aryl methyl sites for hydroxylation is 2. The Hall–Kier alpha value is -1.40. The zero-order valence-corrected chi connectivity index (χ0v) is 14.3. The van der Waals surface area contributed by atoms with Gasteiger partial charge in [-0.2, -0.15) is 5.10 Å². The second-order valence-electron chi connectivity index (χ2n) is 7.05. The van der Waals surface area contributed by atoms with Crippen LogP contribution in [-0.2, 0) is 18.4 Å². The van der Waals surface area contributed by atoms with E-state index in [9.17, 15) is 4.79 Å². The number of likely N-dealkylation sites (tertiary alicyclic amines) is 1. The lowest BCUT2D eigenvalue weighted by atomic mass is 9.97. The third-order valence-electron chi connectivity index (χ3n) is 5.05. The number of amides is 1. The summed E-state index contributed by atoms with van der Waals surface area (Å²) >= 11 is 0. The quantitative estimate of drug-likeness (QED) is 0.843. The molecule has 6 heteroatoms. The molecule has 1 aromatic rings. The highest BCUT2D eigenvalue weighted by Crippen LogP contribution is 2.19. The molecule has 0 saturated carbocycles. The smallest absolute Gasteiger partial charge is 0.237 e. The van der Waals surface area contributed by atoms with Crippen LogP contribution < -0.4 is 10.6 Å². The van der Waals surface area contributed by atoms with Crippen molar-refractivity contribution in [1.82, 2.24) is 25.3 Å². The van der Waals surface area contributed by atoms with Gasteiger partial charge in [-0.05, 0) is 51.6 Å². The van der Waals surface area contributed by atoms with E-state index in [-0.39, 0.29) is 11.9 Å². The van der Waals surface area contributed by atoms with Crippen LogP contribution in [0.3, 0.4) is 0 Å². The number of aromatic nitrogens is 2. The van der Waals surface area contributed by atoms with Gasteiger partial charge < -0.3 is 10.6 Å². The van der Waals surface area contributed by atoms with Crippen molar-refractivity contribution in [3.63, 3.8) is 0 Å². The van der Waals surface area contributed by atoms with Crippen LogP contribution in [0.4, 0.5) is 0 Å². The number of carbonyl (C=O) groups is 1. The second kappa shape index (κ2) is 7.45. The summed E-state index contributed by atoms with van der Waals surface area (Å²) in [5.41, 5.74) is 2.43. The van der Waals surface area contributed by atoms with Crippen molar-refractivity contribution >= 4 is 5.91 Å². The lowest BCUT2D eigenvalue weighted by Crippen LogP contribution is -2.45. The van der Waals surface area contributed by atoms with Gasteiger partial charge in [0.2, 0.25) is 5.91 Å². The molecule has 0 radical (unpaired) electrons. The molecule has 23 heavy (non-hydrogen) atoms. The van der Waals surface area contributed by atoms with Gasteiger partial charge >= 0.3 is 0 Å². The van der Waals surface area contributed by atoms with Crippen molar-refractivity contribution < 1.29 is 4.79 Å². The molecular formula is C17H29N5O. The predicted molar refractivity (Wildman–Crippen MR) is 90.0 cm³/mol. The normalized spacial score (nSPS) is 25.7. The number of hydrogen-bond acceptors (Lipinski definition) is 4. The topological polar surface area (TPSA) is 62.2 Å². The first kappa shape index (κ1) is 16.5. The van der Waals surface area contributed by atoms with Crippen LogP contribution in [0.5, 0.6) is 0 Å². The predicted octanol–water partition coefficient (Wildman–Crippen LogP) is 0.809. The second-order valence-corrected chi connectivity index (χ2v) is 7.05. The first-order chi connectivity index (χ1) is 11.1. The molecule has 1 amide bonds. The Morgan fingerprint density at radius 1 is 1.43 bits per heavy atom. The molecule has 0 aliphatic carbocycles. The highest BCUT2D eigenvalue weighted by molar-refractivity contribution is 5.81. The number of nitrogens with one attached hydrogen (secondary N) is 2. The van der Waals surface area contributed by atoms with Crippen molar-refractivity contribution in [1.29, 1.82) is 0 Å². The fourth-order valence-electron chi connectivity index (χ4n) is 3.78. The number of piperidine rings is 1. The summed E-state index contributed by atoms with van der Waals surface area (Å²) in [6.07, 6.45) is 6.62. The first-order valence-electron chi connectivity index (χ1n) is 8.84. The molecule has 0 aromatic carbocycles. The van der Waals surface area contributed by atoms with Crippen LogP contribution in [0.1, 0.15) is 36.9 Å². The van der Waals surface area contributed by atoms with Crippen LogP contribution in [-0.4, -0.2) is 52.8 Å². The standard InChI is InChI=1S/C17H29N5O/c1-13-15(11-21(2)20-13)12-22-8-4-5-14(10-22)9-19-17(23)16-6-3-7-18-16/h11,14,16,18H,3-10,12H2,1-2H3,(H,19,23). The number of nitrogens with zero attached hydrogens (tertiary/aromatic N) is 3. The first-order valence-corrected chi connectivity index (χ1v) is 8.84. The monoisotopic (exact) mass is 319 g/mol. The van der Waals surface area contributed by atoms with Gasteiger partial charge in [-0.25, -0.2) is 0 Å². The van der Waals surface area contributed by atoms with Crippen molar-refractivity contribution in [3.8, 4) is 0 Å². The Morgan fingerprint density at radius 3 is 3.00 bits per heavy atom. The minimum absolute atomic E-state index is 0.0349. The van der Waals surface area contributed by atoms with Gasteiger partial charge in [-0.3, -0.25) is 14.4 Å². The Bertz CT molecular complexity index is 535. The summed E-state index contributed by atoms with van der Waals surface area (Å²) in [6.45, 7) is 7.02. The Balaban J connectivity index is 1.46. The van der Waals surface area contributed by atoms with Crippen molar-refractivity contribution in [3.05, 3.63) is 17.5 Å². The van der Waals surface area contributed by atoms with Gasteiger partial charge in [-0.15, -0.1) is 0 Å². The fraction of sp³-hybridized carbons (Fsp3) is 0.765. The molecule has 2 aliphatic heterocycles. The van der Waals surface area contributed by atoms with E-state index in [1.165, 1.54) is 18.4 Å². The van der Waals surface area contributed by atoms with Gasteiger partial charge in [0.1, 0.15) is 0 Å². The molecule has 3 heterocycles. The molecule has 128 valence electrons. The van der Waals surface area contributed by atoms with Gasteiger partial charge in [0.15, 0.2) is 0 Å². The molecule has 2 atom stereocenters. The molecule has 6 nitrogen and oxygen atoms in total. The molecule has 3 rings (SSSR count). The Labute approximate surface area is 138 Å². The molecule has 1 aromatic heterocycles. The lowest BCUT2D eigenvalue weighted by molar-refractivity contribution is -0.123. The molecule has 2 fully saturated rings. The number of carbonyl (C=O) groups excluding carboxylic acids is 1.